The lowest BCUT2D eigenvalue weighted by molar-refractivity contribution is 0.0473. The first-order valence-electron chi connectivity index (χ1n) is 8.64. The van der Waals surface area contributed by atoms with E-state index in [-0.39, 0.29) is 0 Å². The Bertz CT molecular complexity index is 285. The van der Waals surface area contributed by atoms with Crippen molar-refractivity contribution < 1.29 is 9.47 Å². The van der Waals surface area contributed by atoms with Crippen molar-refractivity contribution in [2.45, 2.75) is 33.1 Å². The molecule has 2 saturated heterocycles. The van der Waals surface area contributed by atoms with Gasteiger partial charge in [0.25, 0.3) is 0 Å². The number of nitrogens with zero attached hydrogens (tertiary/aromatic N) is 1. The van der Waals surface area contributed by atoms with Gasteiger partial charge in [0.15, 0.2) is 0 Å². The van der Waals surface area contributed by atoms with Crippen LogP contribution in [-0.2, 0) is 9.47 Å². The molecule has 2 fully saturated rings. The minimum absolute atomic E-state index is 0.314. The van der Waals surface area contributed by atoms with E-state index in [1.54, 1.807) is 0 Å². The monoisotopic (exact) mass is 298 g/mol. The number of rotatable bonds is 8. The first-order chi connectivity index (χ1) is 10.1. The highest BCUT2D eigenvalue weighted by atomic mass is 16.5. The van der Waals surface area contributed by atoms with E-state index in [2.05, 4.69) is 31.1 Å². The minimum Gasteiger partial charge on any atom is -0.381 e. The molecule has 2 aliphatic heterocycles. The van der Waals surface area contributed by atoms with Gasteiger partial charge in [-0.1, -0.05) is 13.8 Å². The van der Waals surface area contributed by atoms with Crippen molar-refractivity contribution in [1.82, 2.24) is 10.2 Å². The van der Waals surface area contributed by atoms with Crippen molar-refractivity contribution in [3.8, 4) is 0 Å². The maximum atomic E-state index is 5.72. The summed E-state index contributed by atoms with van der Waals surface area (Å²) in [6.07, 6.45) is 3.63. The average Bonchev–Trinajstić information content (AvgIpc) is 2.87. The van der Waals surface area contributed by atoms with Crippen LogP contribution < -0.4 is 5.32 Å². The SMILES string of the molecule is CC(C)CNCC1(CN(C)CC2CCOCC2)CCOC1. The molecular weight excluding hydrogens is 264 g/mol. The van der Waals surface area contributed by atoms with Crippen LogP contribution in [-0.4, -0.2) is 64.6 Å². The van der Waals surface area contributed by atoms with Gasteiger partial charge in [-0.2, -0.15) is 0 Å². The van der Waals surface area contributed by atoms with Gasteiger partial charge in [-0.15, -0.1) is 0 Å². The van der Waals surface area contributed by atoms with E-state index in [4.69, 9.17) is 9.47 Å². The zero-order valence-electron chi connectivity index (χ0n) is 14.2. The highest BCUT2D eigenvalue weighted by molar-refractivity contribution is 4.88. The van der Waals surface area contributed by atoms with Gasteiger partial charge in [-0.05, 0) is 44.7 Å². The molecule has 21 heavy (non-hydrogen) atoms. The third-order valence-corrected chi connectivity index (χ3v) is 4.75. The average molecular weight is 298 g/mol. The summed E-state index contributed by atoms with van der Waals surface area (Å²) in [7, 11) is 2.28. The third-order valence-electron chi connectivity index (χ3n) is 4.75. The van der Waals surface area contributed by atoms with Crippen molar-refractivity contribution >= 4 is 0 Å². The van der Waals surface area contributed by atoms with Gasteiger partial charge in [0, 0.05) is 44.9 Å². The zero-order valence-corrected chi connectivity index (χ0v) is 14.2. The van der Waals surface area contributed by atoms with E-state index in [9.17, 15) is 0 Å². The Morgan fingerprint density at radius 2 is 1.95 bits per heavy atom. The maximum absolute atomic E-state index is 5.72. The Kier molecular flexibility index (Phi) is 6.93. The molecule has 4 heteroatoms. The van der Waals surface area contributed by atoms with Crippen LogP contribution in [0.15, 0.2) is 0 Å². The summed E-state index contributed by atoms with van der Waals surface area (Å²) >= 11 is 0. The lowest BCUT2D eigenvalue weighted by atomic mass is 9.86. The number of nitrogens with one attached hydrogen (secondary N) is 1. The second-order valence-electron chi connectivity index (χ2n) is 7.58. The maximum Gasteiger partial charge on any atom is 0.0547 e. The molecule has 4 nitrogen and oxygen atoms in total. The first kappa shape index (κ1) is 17.2. The summed E-state index contributed by atoms with van der Waals surface area (Å²) < 4.78 is 11.2. The highest BCUT2D eigenvalue weighted by Gasteiger charge is 2.36. The summed E-state index contributed by atoms with van der Waals surface area (Å²) in [5.74, 6) is 1.52. The van der Waals surface area contributed by atoms with Crippen LogP contribution in [0.25, 0.3) is 0 Å². The molecule has 0 bridgehead atoms. The molecule has 0 aromatic rings. The van der Waals surface area contributed by atoms with Crippen molar-refractivity contribution in [3.63, 3.8) is 0 Å². The van der Waals surface area contributed by atoms with Crippen molar-refractivity contribution in [1.29, 1.82) is 0 Å². The summed E-state index contributed by atoms with van der Waals surface area (Å²) in [5.41, 5.74) is 0.314. The number of ether oxygens (including phenoxy) is 2. The predicted molar refractivity (Wildman–Crippen MR) is 86.6 cm³/mol. The quantitative estimate of drug-likeness (QED) is 0.743. The van der Waals surface area contributed by atoms with Crippen molar-refractivity contribution in [2.75, 3.05) is 59.7 Å². The highest BCUT2D eigenvalue weighted by Crippen LogP contribution is 2.29. The van der Waals surface area contributed by atoms with E-state index >= 15 is 0 Å². The molecule has 0 aromatic carbocycles. The van der Waals surface area contributed by atoms with Crippen LogP contribution in [0.3, 0.4) is 0 Å². The van der Waals surface area contributed by atoms with E-state index in [1.165, 1.54) is 25.8 Å². The molecule has 0 aromatic heterocycles. The molecule has 0 radical (unpaired) electrons. The largest absolute Gasteiger partial charge is 0.381 e. The second-order valence-corrected chi connectivity index (χ2v) is 7.58. The molecule has 0 amide bonds. The lowest BCUT2D eigenvalue weighted by Crippen LogP contribution is -2.45. The van der Waals surface area contributed by atoms with Gasteiger partial charge in [-0.3, -0.25) is 0 Å². The molecule has 2 aliphatic rings. The van der Waals surface area contributed by atoms with E-state index < -0.39 is 0 Å². The molecule has 1 unspecified atom stereocenters. The standard InChI is InChI=1S/C17H34N2O2/c1-15(2)10-18-12-17(6-9-21-14-17)13-19(3)11-16-4-7-20-8-5-16/h15-16,18H,4-14H2,1-3H3. The van der Waals surface area contributed by atoms with Crippen molar-refractivity contribution in [3.05, 3.63) is 0 Å². The van der Waals surface area contributed by atoms with Crippen LogP contribution >= 0.6 is 0 Å². The lowest BCUT2D eigenvalue weighted by Gasteiger charge is -2.35. The molecule has 1 atom stereocenters. The topological polar surface area (TPSA) is 33.7 Å². The van der Waals surface area contributed by atoms with Gasteiger partial charge in [0.1, 0.15) is 0 Å². The molecule has 124 valence electrons. The fraction of sp³-hybridized carbons (Fsp3) is 1.00. The number of hydrogen-bond acceptors (Lipinski definition) is 4. The Morgan fingerprint density at radius 1 is 1.19 bits per heavy atom. The molecule has 1 N–H and O–H groups in total. The molecule has 2 rings (SSSR count). The summed E-state index contributed by atoms with van der Waals surface area (Å²) in [6, 6.07) is 0. The van der Waals surface area contributed by atoms with Crippen LogP contribution in [0.5, 0.6) is 0 Å². The van der Waals surface area contributed by atoms with Crippen LogP contribution in [0.1, 0.15) is 33.1 Å². The van der Waals surface area contributed by atoms with Gasteiger partial charge in [-0.25, -0.2) is 0 Å². The third kappa shape index (κ3) is 5.85. The first-order valence-corrected chi connectivity index (χ1v) is 8.64. The minimum atomic E-state index is 0.314. The number of hydrogen-bond donors (Lipinski definition) is 1. The molecule has 0 spiro atoms. The van der Waals surface area contributed by atoms with Crippen LogP contribution in [0, 0.1) is 17.3 Å². The second kappa shape index (κ2) is 8.47. The van der Waals surface area contributed by atoms with Crippen molar-refractivity contribution in [2.24, 2.45) is 17.3 Å². The molecular formula is C17H34N2O2. The van der Waals surface area contributed by atoms with E-state index in [0.29, 0.717) is 11.3 Å². The summed E-state index contributed by atoms with van der Waals surface area (Å²) in [5, 5.41) is 3.65. The fourth-order valence-corrected chi connectivity index (χ4v) is 3.60. The van der Waals surface area contributed by atoms with E-state index in [0.717, 1.165) is 52.0 Å². The van der Waals surface area contributed by atoms with Gasteiger partial charge < -0.3 is 19.7 Å². The van der Waals surface area contributed by atoms with E-state index in [1.807, 2.05) is 0 Å². The Hall–Kier alpha value is -0.160. The summed E-state index contributed by atoms with van der Waals surface area (Å²) in [4.78, 5) is 2.53. The fourth-order valence-electron chi connectivity index (χ4n) is 3.60. The molecule has 0 saturated carbocycles. The summed E-state index contributed by atoms with van der Waals surface area (Å²) in [6.45, 7) is 12.8. The van der Waals surface area contributed by atoms with Gasteiger partial charge in [0.2, 0.25) is 0 Å². The van der Waals surface area contributed by atoms with Crippen LogP contribution in [0.4, 0.5) is 0 Å². The normalized spacial score (nSPS) is 27.9. The smallest absolute Gasteiger partial charge is 0.0547 e. The zero-order chi connectivity index (χ0) is 15.1. The van der Waals surface area contributed by atoms with Crippen LogP contribution in [0.2, 0.25) is 0 Å². The Balaban J connectivity index is 1.77. The predicted octanol–water partition coefficient (Wildman–Crippen LogP) is 2.00. The van der Waals surface area contributed by atoms with Gasteiger partial charge in [0.05, 0.1) is 6.61 Å². The molecule has 0 aliphatic carbocycles. The van der Waals surface area contributed by atoms with Gasteiger partial charge >= 0.3 is 0 Å². The Morgan fingerprint density at radius 3 is 2.57 bits per heavy atom. The Labute approximate surface area is 130 Å². The molecule has 2 heterocycles.